The molecule has 0 aromatic rings. The lowest BCUT2D eigenvalue weighted by Crippen LogP contribution is -2.53. The number of rotatable bonds is 1. The molecule has 1 aliphatic heterocycles. The largest absolute Gasteiger partial charge is 0.453 e. The molecule has 0 bridgehead atoms. The van der Waals surface area contributed by atoms with Crippen LogP contribution in [0.25, 0.3) is 0 Å². The lowest BCUT2D eigenvalue weighted by Gasteiger charge is -2.51. The zero-order valence-electron chi connectivity index (χ0n) is 18.0. The maximum absolute atomic E-state index is 12.4. The first-order valence-corrected chi connectivity index (χ1v) is 10.6. The topological polar surface area (TPSA) is 83.8 Å². The predicted molar refractivity (Wildman–Crippen MR) is 109 cm³/mol. The van der Waals surface area contributed by atoms with Gasteiger partial charge in [-0.3, -0.25) is 4.79 Å². The van der Waals surface area contributed by atoms with Crippen molar-refractivity contribution >= 4 is 11.8 Å². The molecule has 29 heavy (non-hydrogen) atoms. The molecule has 0 aromatic heterocycles. The number of hydrogen-bond donors (Lipinski definition) is 2. The van der Waals surface area contributed by atoms with Gasteiger partial charge in [-0.05, 0) is 75.5 Å². The summed E-state index contributed by atoms with van der Waals surface area (Å²) in [6, 6.07) is 0. The number of carbonyl (C=O) groups excluding carboxylic acids is 2. The normalized spacial score (nSPS) is 43.4. The third kappa shape index (κ3) is 2.53. The Morgan fingerprint density at radius 3 is 2.48 bits per heavy atom. The van der Waals surface area contributed by atoms with Crippen molar-refractivity contribution in [2.45, 2.75) is 84.0 Å². The highest BCUT2D eigenvalue weighted by Gasteiger charge is 2.64. The van der Waals surface area contributed by atoms with Crippen molar-refractivity contribution in [2.24, 2.45) is 16.7 Å². The van der Waals surface area contributed by atoms with Gasteiger partial charge in [-0.1, -0.05) is 25.5 Å². The average molecular weight is 401 g/mol. The molecule has 0 aromatic carbocycles. The van der Waals surface area contributed by atoms with Crippen LogP contribution in [0.4, 0.5) is 0 Å². The summed E-state index contributed by atoms with van der Waals surface area (Å²) in [5.41, 5.74) is -0.263. The van der Waals surface area contributed by atoms with Crippen LogP contribution in [0.3, 0.4) is 0 Å². The first-order valence-electron chi connectivity index (χ1n) is 10.6. The van der Waals surface area contributed by atoms with Gasteiger partial charge in [0.1, 0.15) is 17.0 Å². The molecule has 0 amide bonds. The zero-order chi connectivity index (χ0) is 21.4. The van der Waals surface area contributed by atoms with E-state index >= 15 is 0 Å². The van der Waals surface area contributed by atoms with Gasteiger partial charge < -0.3 is 14.9 Å². The van der Waals surface area contributed by atoms with E-state index in [2.05, 4.69) is 13.8 Å². The second kappa shape index (κ2) is 6.14. The van der Waals surface area contributed by atoms with Gasteiger partial charge in [0.05, 0.1) is 6.10 Å². The Balaban J connectivity index is 1.86. The van der Waals surface area contributed by atoms with Gasteiger partial charge in [0, 0.05) is 17.4 Å². The van der Waals surface area contributed by atoms with Crippen LogP contribution in [-0.4, -0.2) is 39.3 Å². The van der Waals surface area contributed by atoms with Crippen LogP contribution in [-0.2, 0) is 14.3 Å². The van der Waals surface area contributed by atoms with Crippen molar-refractivity contribution in [3.8, 4) is 0 Å². The van der Waals surface area contributed by atoms with E-state index in [1.165, 1.54) is 6.08 Å². The highest BCUT2D eigenvalue weighted by molar-refractivity contribution is 5.84. The van der Waals surface area contributed by atoms with Crippen LogP contribution < -0.4 is 0 Å². The van der Waals surface area contributed by atoms with Gasteiger partial charge >= 0.3 is 5.97 Å². The van der Waals surface area contributed by atoms with Gasteiger partial charge in [-0.25, -0.2) is 4.79 Å². The Morgan fingerprint density at radius 2 is 1.83 bits per heavy atom. The number of cyclic esters (lactones) is 1. The molecule has 2 N–H and O–H groups in total. The molecule has 0 saturated heterocycles. The Kier molecular flexibility index (Phi) is 4.35. The number of esters is 1. The monoisotopic (exact) mass is 400 g/mol. The number of ketones is 1. The van der Waals surface area contributed by atoms with Crippen LogP contribution >= 0.6 is 0 Å². The number of aliphatic hydroxyl groups is 2. The summed E-state index contributed by atoms with van der Waals surface area (Å²) in [7, 11) is 0. The molecule has 3 aliphatic carbocycles. The van der Waals surface area contributed by atoms with E-state index < -0.39 is 28.7 Å². The van der Waals surface area contributed by atoms with Gasteiger partial charge in [0.25, 0.3) is 0 Å². The highest BCUT2D eigenvalue weighted by Crippen LogP contribution is 2.67. The first-order chi connectivity index (χ1) is 13.4. The zero-order valence-corrected chi connectivity index (χ0v) is 18.0. The van der Waals surface area contributed by atoms with Crippen LogP contribution in [0.1, 0.15) is 66.7 Å². The number of carbonyl (C=O) groups is 2. The van der Waals surface area contributed by atoms with Gasteiger partial charge in [0.15, 0.2) is 0 Å². The fourth-order valence-corrected chi connectivity index (χ4v) is 6.63. The lowest BCUT2D eigenvalue weighted by molar-refractivity contribution is -0.173. The number of allylic oxidation sites excluding steroid dienone is 2. The van der Waals surface area contributed by atoms with E-state index in [1.807, 2.05) is 6.08 Å². The van der Waals surface area contributed by atoms with Crippen molar-refractivity contribution in [3.63, 3.8) is 0 Å². The molecule has 5 heteroatoms. The van der Waals surface area contributed by atoms with Crippen molar-refractivity contribution in [1.82, 2.24) is 0 Å². The van der Waals surface area contributed by atoms with Crippen molar-refractivity contribution in [3.05, 3.63) is 34.9 Å². The molecule has 0 radical (unpaired) electrons. The standard InChI is InChI=1S/C24H32O5/c1-14(25)18-13-19(26)23(5)17-9-11-24(28)16(6-7-20(27)29-21(24,2)3)12-15(17)8-10-22(18,23)4/h6-7,12,18-19,26,28H,8-11,13H2,1-5H3. The summed E-state index contributed by atoms with van der Waals surface area (Å²) in [6.07, 6.45) is 7.54. The summed E-state index contributed by atoms with van der Waals surface area (Å²) < 4.78 is 5.55. The van der Waals surface area contributed by atoms with E-state index in [0.717, 1.165) is 24.0 Å². The van der Waals surface area contributed by atoms with Crippen LogP contribution in [0.15, 0.2) is 34.9 Å². The Hall–Kier alpha value is -1.72. The molecule has 158 valence electrons. The Labute approximate surface area is 172 Å². The maximum Gasteiger partial charge on any atom is 0.331 e. The number of aliphatic hydroxyl groups excluding tert-OH is 1. The minimum atomic E-state index is -1.32. The molecule has 5 atom stereocenters. The maximum atomic E-state index is 12.4. The molecular weight excluding hydrogens is 368 g/mol. The van der Waals surface area contributed by atoms with E-state index in [0.29, 0.717) is 24.8 Å². The Bertz CT molecular complexity index is 878. The van der Waals surface area contributed by atoms with Crippen molar-refractivity contribution < 1.29 is 24.5 Å². The molecule has 1 heterocycles. The third-order valence-electron chi connectivity index (χ3n) is 8.79. The second-order valence-corrected chi connectivity index (χ2v) is 10.3. The summed E-state index contributed by atoms with van der Waals surface area (Å²) >= 11 is 0. The van der Waals surface area contributed by atoms with E-state index in [1.54, 1.807) is 26.8 Å². The minimum Gasteiger partial charge on any atom is -0.453 e. The lowest BCUT2D eigenvalue weighted by atomic mass is 9.53. The Morgan fingerprint density at radius 1 is 1.14 bits per heavy atom. The smallest absolute Gasteiger partial charge is 0.331 e. The fourth-order valence-electron chi connectivity index (χ4n) is 6.63. The number of ether oxygens (including phenoxy) is 1. The summed E-state index contributed by atoms with van der Waals surface area (Å²) in [4.78, 5) is 24.4. The average Bonchev–Trinajstić information content (AvgIpc) is 2.71. The van der Waals surface area contributed by atoms with Gasteiger partial charge in [0.2, 0.25) is 0 Å². The molecule has 1 saturated carbocycles. The van der Waals surface area contributed by atoms with Crippen LogP contribution in [0.2, 0.25) is 0 Å². The second-order valence-electron chi connectivity index (χ2n) is 10.3. The van der Waals surface area contributed by atoms with Gasteiger partial charge in [-0.15, -0.1) is 0 Å². The van der Waals surface area contributed by atoms with Crippen LogP contribution in [0, 0.1) is 16.7 Å². The summed E-state index contributed by atoms with van der Waals surface area (Å²) in [6.45, 7) is 9.38. The quantitative estimate of drug-likeness (QED) is 0.659. The minimum absolute atomic E-state index is 0.145. The molecule has 5 unspecified atom stereocenters. The fraction of sp³-hybridized carbons (Fsp3) is 0.667. The SMILES string of the molecule is CC(=O)C1CC(O)C2(C)C3=C(C=C4C=CC(=O)OC(C)(C)C4(O)CC3)CCC12C. The highest BCUT2D eigenvalue weighted by atomic mass is 16.6. The number of fused-ring (bicyclic) bond motifs is 3. The molecule has 0 spiro atoms. The third-order valence-corrected chi connectivity index (χ3v) is 8.79. The number of Topliss-reactive ketones (excluding diaryl/α,β-unsaturated/α-hetero) is 1. The van der Waals surface area contributed by atoms with E-state index in [9.17, 15) is 19.8 Å². The first kappa shape index (κ1) is 20.5. The molecule has 4 rings (SSSR count). The summed E-state index contributed by atoms with van der Waals surface area (Å²) in [5, 5.41) is 22.8. The van der Waals surface area contributed by atoms with E-state index in [-0.39, 0.29) is 17.1 Å². The van der Waals surface area contributed by atoms with Crippen molar-refractivity contribution in [2.75, 3.05) is 0 Å². The molecule has 4 aliphatic rings. The summed E-state index contributed by atoms with van der Waals surface area (Å²) in [5.74, 6) is -0.463. The van der Waals surface area contributed by atoms with E-state index in [4.69, 9.17) is 4.74 Å². The molecular formula is C24H32O5. The molecule has 1 fully saturated rings. The number of hydrogen-bond acceptors (Lipinski definition) is 5. The molecule has 5 nitrogen and oxygen atoms in total. The van der Waals surface area contributed by atoms with Gasteiger partial charge in [-0.2, -0.15) is 0 Å². The predicted octanol–water partition coefficient (Wildman–Crippen LogP) is 3.40. The van der Waals surface area contributed by atoms with Crippen LogP contribution in [0.5, 0.6) is 0 Å². The van der Waals surface area contributed by atoms with Crippen molar-refractivity contribution in [1.29, 1.82) is 0 Å².